The number of rotatable bonds is 3. The molecule has 1 saturated heterocycles. The van der Waals surface area contributed by atoms with Gasteiger partial charge < -0.3 is 4.74 Å². The molecule has 0 aliphatic carbocycles. The van der Waals surface area contributed by atoms with Crippen LogP contribution >= 0.6 is 22.9 Å². The SMILES string of the molecule is COc1ccc(N2C(=O)NC(=O)/C(=C\c3ccc(Cl)s3)C2=O)cc1. The Morgan fingerprint density at radius 3 is 2.42 bits per heavy atom. The molecule has 1 aromatic heterocycles. The number of hydrogen-bond donors (Lipinski definition) is 1. The summed E-state index contributed by atoms with van der Waals surface area (Å²) in [7, 11) is 1.51. The van der Waals surface area contributed by atoms with Gasteiger partial charge in [0.25, 0.3) is 11.8 Å². The lowest BCUT2D eigenvalue weighted by Gasteiger charge is -2.26. The molecule has 0 unspecified atom stereocenters. The van der Waals surface area contributed by atoms with Crippen LogP contribution in [0.15, 0.2) is 42.0 Å². The Morgan fingerprint density at radius 1 is 1.12 bits per heavy atom. The summed E-state index contributed by atoms with van der Waals surface area (Å²) in [5.41, 5.74) is 0.199. The molecule has 2 aromatic rings. The number of methoxy groups -OCH3 is 1. The van der Waals surface area contributed by atoms with Crippen molar-refractivity contribution in [3.8, 4) is 5.75 Å². The number of nitrogens with zero attached hydrogens (tertiary/aromatic N) is 1. The van der Waals surface area contributed by atoms with Gasteiger partial charge in [0, 0.05) is 4.88 Å². The summed E-state index contributed by atoms with van der Waals surface area (Å²) in [6, 6.07) is 8.92. The molecule has 1 aromatic carbocycles. The van der Waals surface area contributed by atoms with Crippen molar-refractivity contribution in [1.82, 2.24) is 5.32 Å². The van der Waals surface area contributed by atoms with E-state index in [-0.39, 0.29) is 5.57 Å². The highest BCUT2D eigenvalue weighted by atomic mass is 35.5. The molecule has 1 aliphatic rings. The van der Waals surface area contributed by atoms with E-state index in [0.717, 1.165) is 4.90 Å². The molecule has 4 amide bonds. The van der Waals surface area contributed by atoms with Crippen LogP contribution in [-0.4, -0.2) is 25.0 Å². The zero-order chi connectivity index (χ0) is 17.3. The number of carbonyl (C=O) groups excluding carboxylic acids is 3. The molecule has 0 saturated carbocycles. The maximum absolute atomic E-state index is 12.6. The van der Waals surface area contributed by atoms with Gasteiger partial charge in [-0.2, -0.15) is 0 Å². The summed E-state index contributed by atoms with van der Waals surface area (Å²) in [6.45, 7) is 0. The zero-order valence-corrected chi connectivity index (χ0v) is 14.0. The number of ether oxygens (including phenoxy) is 1. The van der Waals surface area contributed by atoms with Gasteiger partial charge >= 0.3 is 6.03 Å². The lowest BCUT2D eigenvalue weighted by atomic mass is 10.1. The summed E-state index contributed by atoms with van der Waals surface area (Å²) in [5.74, 6) is -0.846. The van der Waals surface area contributed by atoms with Crippen LogP contribution in [-0.2, 0) is 9.59 Å². The first-order valence-corrected chi connectivity index (χ1v) is 8.00. The van der Waals surface area contributed by atoms with Gasteiger partial charge in [0.2, 0.25) is 0 Å². The summed E-state index contributed by atoms with van der Waals surface area (Å²) in [4.78, 5) is 38.3. The second kappa shape index (κ2) is 6.46. The fraction of sp³-hybridized carbons (Fsp3) is 0.0625. The van der Waals surface area contributed by atoms with Crippen LogP contribution in [0, 0.1) is 0 Å². The average molecular weight is 363 g/mol. The Bertz CT molecular complexity index is 857. The predicted octanol–water partition coefficient (Wildman–Crippen LogP) is 3.08. The van der Waals surface area contributed by atoms with Crippen molar-refractivity contribution in [3.63, 3.8) is 0 Å². The number of barbiturate groups is 1. The van der Waals surface area contributed by atoms with Gasteiger partial charge in [-0.05, 0) is 42.5 Å². The predicted molar refractivity (Wildman–Crippen MR) is 91.3 cm³/mol. The van der Waals surface area contributed by atoms with Gasteiger partial charge in [-0.1, -0.05) is 11.6 Å². The number of carbonyl (C=O) groups is 3. The first-order chi connectivity index (χ1) is 11.5. The summed E-state index contributed by atoms with van der Waals surface area (Å²) in [6.07, 6.45) is 1.41. The van der Waals surface area contributed by atoms with Gasteiger partial charge in [0.05, 0.1) is 17.1 Å². The Labute approximate surface area is 146 Å². The smallest absolute Gasteiger partial charge is 0.335 e. The minimum atomic E-state index is -0.795. The third-order valence-corrected chi connectivity index (χ3v) is 4.49. The molecule has 8 heteroatoms. The normalized spacial score (nSPS) is 16.5. The Kier molecular flexibility index (Phi) is 4.37. The van der Waals surface area contributed by atoms with Gasteiger partial charge in [0.1, 0.15) is 11.3 Å². The average Bonchev–Trinajstić information content (AvgIpc) is 2.97. The van der Waals surface area contributed by atoms with Crippen LogP contribution in [0.25, 0.3) is 6.08 Å². The van der Waals surface area contributed by atoms with E-state index >= 15 is 0 Å². The van der Waals surface area contributed by atoms with Crippen LogP contribution in [0.1, 0.15) is 4.88 Å². The van der Waals surface area contributed by atoms with Gasteiger partial charge in [-0.3, -0.25) is 14.9 Å². The van der Waals surface area contributed by atoms with Gasteiger partial charge in [-0.25, -0.2) is 9.69 Å². The zero-order valence-electron chi connectivity index (χ0n) is 12.4. The number of thiophene rings is 1. The highest BCUT2D eigenvalue weighted by Crippen LogP contribution is 2.27. The first kappa shape index (κ1) is 16.2. The Balaban J connectivity index is 1.97. The van der Waals surface area contributed by atoms with E-state index < -0.39 is 17.8 Å². The van der Waals surface area contributed by atoms with E-state index in [9.17, 15) is 14.4 Å². The number of benzene rings is 1. The number of anilines is 1. The highest BCUT2D eigenvalue weighted by Gasteiger charge is 2.36. The van der Waals surface area contributed by atoms with Crippen molar-refractivity contribution in [2.75, 3.05) is 12.0 Å². The second-order valence-corrected chi connectivity index (χ2v) is 6.54. The fourth-order valence-corrected chi connectivity index (χ4v) is 3.18. The lowest BCUT2D eigenvalue weighted by Crippen LogP contribution is -2.54. The van der Waals surface area contributed by atoms with Crippen molar-refractivity contribution in [2.24, 2.45) is 0 Å². The fourth-order valence-electron chi connectivity index (χ4n) is 2.17. The molecule has 0 atom stereocenters. The molecular formula is C16H11ClN2O4S. The molecule has 2 heterocycles. The molecule has 1 aliphatic heterocycles. The van der Waals surface area contributed by atoms with E-state index in [0.29, 0.717) is 20.7 Å². The number of amides is 4. The van der Waals surface area contributed by atoms with Gasteiger partial charge in [0.15, 0.2) is 0 Å². The van der Waals surface area contributed by atoms with Crippen LogP contribution in [0.4, 0.5) is 10.5 Å². The third kappa shape index (κ3) is 3.04. The van der Waals surface area contributed by atoms with Crippen molar-refractivity contribution < 1.29 is 19.1 Å². The molecule has 0 spiro atoms. The number of hydrogen-bond acceptors (Lipinski definition) is 5. The van der Waals surface area contributed by atoms with Crippen molar-refractivity contribution in [2.45, 2.75) is 0 Å². The van der Waals surface area contributed by atoms with E-state index in [4.69, 9.17) is 16.3 Å². The number of halogens is 1. The largest absolute Gasteiger partial charge is 0.497 e. The summed E-state index contributed by atoms with van der Waals surface area (Å²) < 4.78 is 5.58. The molecule has 1 N–H and O–H groups in total. The highest BCUT2D eigenvalue weighted by molar-refractivity contribution is 7.17. The number of nitrogens with one attached hydrogen (secondary N) is 1. The van der Waals surface area contributed by atoms with E-state index in [1.54, 1.807) is 36.4 Å². The molecule has 122 valence electrons. The van der Waals surface area contributed by atoms with E-state index in [2.05, 4.69) is 5.32 Å². The van der Waals surface area contributed by atoms with Crippen LogP contribution in [0.5, 0.6) is 5.75 Å². The molecule has 1 fully saturated rings. The van der Waals surface area contributed by atoms with Gasteiger partial charge in [-0.15, -0.1) is 11.3 Å². The first-order valence-electron chi connectivity index (χ1n) is 6.80. The maximum Gasteiger partial charge on any atom is 0.335 e. The standard InChI is InChI=1S/C16H11ClN2O4S/c1-23-10-4-2-9(3-5-10)19-15(21)12(14(20)18-16(19)22)8-11-6-7-13(17)24-11/h2-8H,1H3,(H,18,20,22)/b12-8+. The molecule has 24 heavy (non-hydrogen) atoms. The summed E-state index contributed by atoms with van der Waals surface area (Å²) >= 11 is 7.08. The number of urea groups is 1. The second-order valence-electron chi connectivity index (χ2n) is 4.80. The third-order valence-electron chi connectivity index (χ3n) is 3.31. The minimum Gasteiger partial charge on any atom is -0.497 e. The molecule has 0 bridgehead atoms. The minimum absolute atomic E-state index is 0.135. The molecular weight excluding hydrogens is 352 g/mol. The molecule has 6 nitrogen and oxygen atoms in total. The van der Waals surface area contributed by atoms with E-state index in [1.807, 2.05) is 0 Å². The molecule has 3 rings (SSSR count). The summed E-state index contributed by atoms with van der Waals surface area (Å²) in [5, 5.41) is 2.16. The van der Waals surface area contributed by atoms with Crippen LogP contribution < -0.4 is 15.0 Å². The Hall–Kier alpha value is -2.64. The topological polar surface area (TPSA) is 75.7 Å². The Morgan fingerprint density at radius 2 is 1.83 bits per heavy atom. The van der Waals surface area contributed by atoms with Crippen molar-refractivity contribution >= 4 is 52.5 Å². The van der Waals surface area contributed by atoms with Crippen LogP contribution in [0.3, 0.4) is 0 Å². The number of imide groups is 2. The van der Waals surface area contributed by atoms with Crippen molar-refractivity contribution in [1.29, 1.82) is 0 Å². The molecule has 0 radical (unpaired) electrons. The van der Waals surface area contributed by atoms with E-state index in [1.165, 1.54) is 24.5 Å². The lowest BCUT2D eigenvalue weighted by molar-refractivity contribution is -0.122. The van der Waals surface area contributed by atoms with Crippen LogP contribution in [0.2, 0.25) is 4.34 Å². The monoisotopic (exact) mass is 362 g/mol. The quantitative estimate of drug-likeness (QED) is 0.672. The van der Waals surface area contributed by atoms with Crippen molar-refractivity contribution in [3.05, 3.63) is 51.2 Å². The maximum atomic E-state index is 12.6.